The number of carboxylic acids is 1. The average molecular weight is 418 g/mol. The summed E-state index contributed by atoms with van der Waals surface area (Å²) in [5.41, 5.74) is 4.88. The van der Waals surface area contributed by atoms with Gasteiger partial charge in [-0.3, -0.25) is 9.79 Å². The molecular formula is C26H27NO4. The van der Waals surface area contributed by atoms with Gasteiger partial charge in [-0.1, -0.05) is 50.2 Å². The van der Waals surface area contributed by atoms with Crippen molar-refractivity contribution in [3.05, 3.63) is 70.8 Å². The molecule has 0 fully saturated rings. The number of fused-ring (bicyclic) bond motifs is 2. The van der Waals surface area contributed by atoms with Gasteiger partial charge in [0.25, 0.3) is 0 Å². The van der Waals surface area contributed by atoms with Gasteiger partial charge in [-0.25, -0.2) is 4.79 Å². The van der Waals surface area contributed by atoms with Crippen LogP contribution in [0.2, 0.25) is 0 Å². The van der Waals surface area contributed by atoms with Crippen LogP contribution in [0.4, 0.5) is 0 Å². The van der Waals surface area contributed by atoms with Crippen molar-refractivity contribution < 1.29 is 19.4 Å². The Morgan fingerprint density at radius 3 is 2.42 bits per heavy atom. The second kappa shape index (κ2) is 8.14. The SMILES string of the molecule is COc1ccc(CC(N=C2C(=O)C3=C(CC(C)(C)CC3)c3ccccc32)C(=O)O)cc1. The number of carbonyl (C=O) groups is 2. The van der Waals surface area contributed by atoms with Gasteiger partial charge in [0.05, 0.1) is 7.11 Å². The Hall–Kier alpha value is -3.21. The summed E-state index contributed by atoms with van der Waals surface area (Å²) in [6.07, 6.45) is 2.68. The lowest BCUT2D eigenvalue weighted by Gasteiger charge is -2.36. The summed E-state index contributed by atoms with van der Waals surface area (Å²) in [5.74, 6) is -0.457. The van der Waals surface area contributed by atoms with Gasteiger partial charge in [-0.05, 0) is 53.5 Å². The maximum atomic E-state index is 13.4. The predicted octanol–water partition coefficient (Wildman–Crippen LogP) is 4.73. The zero-order valence-corrected chi connectivity index (χ0v) is 18.1. The van der Waals surface area contributed by atoms with E-state index in [1.165, 1.54) is 0 Å². The van der Waals surface area contributed by atoms with E-state index < -0.39 is 12.0 Å². The Labute approximate surface area is 182 Å². The van der Waals surface area contributed by atoms with Crippen molar-refractivity contribution in [2.75, 3.05) is 7.11 Å². The van der Waals surface area contributed by atoms with Crippen LogP contribution >= 0.6 is 0 Å². The Bertz CT molecular complexity index is 1090. The van der Waals surface area contributed by atoms with Crippen molar-refractivity contribution in [1.82, 2.24) is 0 Å². The first kappa shape index (κ1) is 21.0. The summed E-state index contributed by atoms with van der Waals surface area (Å²) >= 11 is 0. The highest BCUT2D eigenvalue weighted by Gasteiger charge is 2.37. The lowest BCUT2D eigenvalue weighted by Crippen LogP contribution is -2.32. The van der Waals surface area contributed by atoms with Crippen molar-refractivity contribution >= 4 is 23.0 Å². The molecule has 0 saturated carbocycles. The number of nitrogens with zero attached hydrogens (tertiary/aromatic N) is 1. The number of aliphatic carboxylic acids is 1. The molecule has 0 heterocycles. The van der Waals surface area contributed by atoms with Gasteiger partial charge in [-0.2, -0.15) is 0 Å². The van der Waals surface area contributed by atoms with Crippen LogP contribution in [-0.4, -0.2) is 35.7 Å². The van der Waals surface area contributed by atoms with Gasteiger partial charge in [0.15, 0.2) is 6.04 Å². The number of Topliss-reactive ketones (excluding diaryl/α,β-unsaturated/α-hetero) is 1. The van der Waals surface area contributed by atoms with Crippen LogP contribution in [0.3, 0.4) is 0 Å². The predicted molar refractivity (Wildman–Crippen MR) is 121 cm³/mol. The maximum absolute atomic E-state index is 13.4. The standard InChI is InChI=1S/C26H27NO4/c1-26(2)13-12-20-21(15-26)18-6-4-5-7-19(18)23(24(20)28)27-22(25(29)30)14-16-8-10-17(31-3)11-9-16/h4-11,22H,12-15H2,1-3H3,(H,29,30). The molecule has 160 valence electrons. The molecule has 0 saturated heterocycles. The first-order chi connectivity index (χ1) is 14.8. The summed E-state index contributed by atoms with van der Waals surface area (Å²) in [5, 5.41) is 9.85. The van der Waals surface area contributed by atoms with Gasteiger partial charge in [0.2, 0.25) is 5.78 Å². The molecule has 0 aliphatic heterocycles. The minimum absolute atomic E-state index is 0.120. The molecule has 0 aromatic heterocycles. The molecule has 5 nitrogen and oxygen atoms in total. The second-order valence-corrected chi connectivity index (χ2v) is 9.06. The van der Waals surface area contributed by atoms with Gasteiger partial charge in [0.1, 0.15) is 11.5 Å². The molecule has 2 aliphatic carbocycles. The molecule has 0 bridgehead atoms. The first-order valence-corrected chi connectivity index (χ1v) is 10.6. The van der Waals surface area contributed by atoms with E-state index in [1.807, 2.05) is 36.4 Å². The highest BCUT2D eigenvalue weighted by molar-refractivity contribution is 6.54. The van der Waals surface area contributed by atoms with Crippen LogP contribution in [0.1, 0.15) is 49.8 Å². The Kier molecular flexibility index (Phi) is 5.52. The Balaban J connectivity index is 1.74. The number of rotatable bonds is 5. The molecule has 2 aliphatic rings. The summed E-state index contributed by atoms with van der Waals surface area (Å²) in [6, 6.07) is 13.9. The number of hydrogen-bond donors (Lipinski definition) is 1. The van der Waals surface area contributed by atoms with E-state index in [4.69, 9.17) is 4.74 Å². The highest BCUT2D eigenvalue weighted by Crippen LogP contribution is 2.46. The van der Waals surface area contributed by atoms with E-state index >= 15 is 0 Å². The Morgan fingerprint density at radius 2 is 1.77 bits per heavy atom. The molecule has 2 aromatic carbocycles. The number of hydrogen-bond acceptors (Lipinski definition) is 4. The fraction of sp³-hybridized carbons (Fsp3) is 0.346. The molecule has 0 spiro atoms. The van der Waals surface area contributed by atoms with Crippen molar-refractivity contribution in [2.45, 2.75) is 45.6 Å². The molecule has 2 aromatic rings. The number of benzene rings is 2. The van der Waals surface area contributed by atoms with Crippen molar-refractivity contribution in [3.8, 4) is 5.75 Å². The van der Waals surface area contributed by atoms with Crippen LogP contribution in [-0.2, 0) is 16.0 Å². The van der Waals surface area contributed by atoms with Crippen molar-refractivity contribution in [1.29, 1.82) is 0 Å². The fourth-order valence-corrected chi connectivity index (χ4v) is 4.47. The third-order valence-electron chi connectivity index (χ3n) is 6.23. The normalized spacial score (nSPS) is 19.6. The minimum atomic E-state index is -1.04. The van der Waals surface area contributed by atoms with Crippen LogP contribution in [0.25, 0.3) is 5.57 Å². The number of ketones is 1. The van der Waals surface area contributed by atoms with Crippen LogP contribution in [0.5, 0.6) is 5.75 Å². The second-order valence-electron chi connectivity index (χ2n) is 9.06. The number of aliphatic imine (C=N–C) groups is 1. The van der Waals surface area contributed by atoms with E-state index in [0.29, 0.717) is 12.2 Å². The zero-order valence-electron chi connectivity index (χ0n) is 18.1. The van der Waals surface area contributed by atoms with E-state index in [1.54, 1.807) is 19.2 Å². The van der Waals surface area contributed by atoms with Gasteiger partial charge < -0.3 is 9.84 Å². The van der Waals surface area contributed by atoms with E-state index in [2.05, 4.69) is 18.8 Å². The maximum Gasteiger partial charge on any atom is 0.328 e. The lowest BCUT2D eigenvalue weighted by molar-refractivity contribution is -0.138. The molecule has 0 amide bonds. The van der Waals surface area contributed by atoms with Crippen molar-refractivity contribution in [3.63, 3.8) is 0 Å². The van der Waals surface area contributed by atoms with Gasteiger partial charge in [-0.15, -0.1) is 0 Å². The summed E-state index contributed by atoms with van der Waals surface area (Å²) in [4.78, 5) is 30.0. The average Bonchev–Trinajstić information content (AvgIpc) is 2.75. The molecule has 1 atom stereocenters. The highest BCUT2D eigenvalue weighted by atomic mass is 16.5. The Morgan fingerprint density at radius 1 is 1.10 bits per heavy atom. The first-order valence-electron chi connectivity index (χ1n) is 10.6. The quantitative estimate of drug-likeness (QED) is 0.763. The molecule has 1 N–H and O–H groups in total. The van der Waals surface area contributed by atoms with Crippen LogP contribution < -0.4 is 4.74 Å². The van der Waals surface area contributed by atoms with Crippen molar-refractivity contribution in [2.24, 2.45) is 10.4 Å². The number of methoxy groups -OCH3 is 1. The van der Waals surface area contributed by atoms with Crippen LogP contribution in [0, 0.1) is 5.41 Å². The molecule has 5 heteroatoms. The largest absolute Gasteiger partial charge is 0.497 e. The van der Waals surface area contributed by atoms with Gasteiger partial charge in [0, 0.05) is 17.6 Å². The molecule has 31 heavy (non-hydrogen) atoms. The minimum Gasteiger partial charge on any atom is -0.497 e. The smallest absolute Gasteiger partial charge is 0.328 e. The van der Waals surface area contributed by atoms with E-state index in [0.717, 1.165) is 40.7 Å². The molecular weight excluding hydrogens is 390 g/mol. The van der Waals surface area contributed by atoms with Crippen LogP contribution in [0.15, 0.2) is 59.1 Å². The topological polar surface area (TPSA) is 76.0 Å². The number of allylic oxidation sites excluding steroid dienone is 2. The van der Waals surface area contributed by atoms with E-state index in [-0.39, 0.29) is 23.3 Å². The summed E-state index contributed by atoms with van der Waals surface area (Å²) in [6.45, 7) is 4.45. The summed E-state index contributed by atoms with van der Waals surface area (Å²) < 4.78 is 5.17. The zero-order chi connectivity index (χ0) is 22.2. The summed E-state index contributed by atoms with van der Waals surface area (Å²) in [7, 11) is 1.59. The number of carbonyl (C=O) groups excluding carboxylic acids is 1. The molecule has 0 radical (unpaired) electrons. The molecule has 1 unspecified atom stereocenters. The van der Waals surface area contributed by atoms with E-state index in [9.17, 15) is 14.7 Å². The molecule has 4 rings (SSSR count). The third-order valence-corrected chi connectivity index (χ3v) is 6.23. The number of carboxylic acid groups (broad SMARTS) is 1. The fourth-order valence-electron chi connectivity index (χ4n) is 4.47. The lowest BCUT2D eigenvalue weighted by atomic mass is 9.68. The number of ether oxygens (including phenoxy) is 1. The monoisotopic (exact) mass is 417 g/mol. The third kappa shape index (κ3) is 4.18. The van der Waals surface area contributed by atoms with Gasteiger partial charge >= 0.3 is 5.97 Å².